The Balaban J connectivity index is 1.72. The molecule has 1 aromatic heterocycles. The Morgan fingerprint density at radius 1 is 1.21 bits per heavy atom. The number of nitrogens with zero attached hydrogens (tertiary/aromatic N) is 2. The quantitative estimate of drug-likeness (QED) is 0.698. The number of ether oxygens (including phenoxy) is 2. The molecule has 0 radical (unpaired) electrons. The van der Waals surface area contributed by atoms with Gasteiger partial charge >= 0.3 is 12.0 Å². The molecule has 3 rings (SSSR count). The van der Waals surface area contributed by atoms with Crippen molar-refractivity contribution < 1.29 is 23.5 Å². The average Bonchev–Trinajstić information content (AvgIpc) is 3.22. The number of hydrogen-bond donors (Lipinski definition) is 1. The fraction of sp³-hybridized carbons (Fsp3) is 0.476. The molecule has 1 heterocycles. The third kappa shape index (κ3) is 5.49. The number of benzene rings is 1. The van der Waals surface area contributed by atoms with Gasteiger partial charge in [-0.05, 0) is 44.0 Å². The van der Waals surface area contributed by atoms with E-state index in [0.29, 0.717) is 18.2 Å². The summed E-state index contributed by atoms with van der Waals surface area (Å²) in [7, 11) is 1.29. The van der Waals surface area contributed by atoms with Crippen LogP contribution in [-0.2, 0) is 11.3 Å². The maximum Gasteiger partial charge on any atom is 0.360 e. The lowest BCUT2D eigenvalue weighted by Crippen LogP contribution is -2.43. The zero-order valence-electron chi connectivity index (χ0n) is 16.8. The molecule has 0 spiro atoms. The van der Waals surface area contributed by atoms with Gasteiger partial charge in [0.2, 0.25) is 5.89 Å². The summed E-state index contributed by atoms with van der Waals surface area (Å²) in [5.74, 6) is 0.491. The minimum Gasteiger partial charge on any atom is -0.494 e. The Labute approximate surface area is 170 Å². The van der Waals surface area contributed by atoms with Crippen LogP contribution in [0.4, 0.5) is 10.5 Å². The number of esters is 1. The van der Waals surface area contributed by atoms with Crippen molar-refractivity contribution in [2.45, 2.75) is 51.6 Å². The van der Waals surface area contributed by atoms with Gasteiger partial charge in [-0.2, -0.15) is 0 Å². The minimum atomic E-state index is -0.567. The normalized spacial score (nSPS) is 14.3. The molecule has 0 bridgehead atoms. The standard InChI is InChI=1S/C21H27N3O5/c1-3-28-17-11-9-15(10-12-17)22-21(26)24(16-7-5-4-6-8-16)13-19-23-18(14-29-19)20(25)27-2/h9-12,14,16H,3-8,13H2,1-2H3,(H,22,26). The lowest BCUT2D eigenvalue weighted by Gasteiger charge is -2.33. The van der Waals surface area contributed by atoms with E-state index in [-0.39, 0.29) is 24.3 Å². The maximum atomic E-state index is 13.0. The predicted octanol–water partition coefficient (Wildman–Crippen LogP) is 4.23. The van der Waals surface area contributed by atoms with Gasteiger partial charge in [0.25, 0.3) is 0 Å². The number of carbonyl (C=O) groups excluding carboxylic acids is 2. The number of carbonyl (C=O) groups is 2. The summed E-state index contributed by atoms with van der Waals surface area (Å²) in [6, 6.07) is 7.13. The third-order valence-electron chi connectivity index (χ3n) is 4.94. The van der Waals surface area contributed by atoms with E-state index in [1.54, 1.807) is 4.90 Å². The van der Waals surface area contributed by atoms with E-state index in [9.17, 15) is 9.59 Å². The molecule has 0 aliphatic heterocycles. The van der Waals surface area contributed by atoms with Gasteiger partial charge in [0.15, 0.2) is 5.69 Å². The van der Waals surface area contributed by atoms with Crippen molar-refractivity contribution in [3.05, 3.63) is 42.1 Å². The lowest BCUT2D eigenvalue weighted by molar-refractivity contribution is 0.0594. The van der Waals surface area contributed by atoms with Crippen LogP contribution in [0.1, 0.15) is 55.4 Å². The highest BCUT2D eigenvalue weighted by atomic mass is 16.5. The fourth-order valence-electron chi connectivity index (χ4n) is 3.48. The first-order valence-corrected chi connectivity index (χ1v) is 9.94. The van der Waals surface area contributed by atoms with Gasteiger partial charge in [-0.15, -0.1) is 0 Å². The molecule has 29 heavy (non-hydrogen) atoms. The summed E-state index contributed by atoms with van der Waals surface area (Å²) in [5.41, 5.74) is 0.778. The van der Waals surface area contributed by atoms with Crippen molar-refractivity contribution in [2.75, 3.05) is 19.0 Å². The van der Waals surface area contributed by atoms with Crippen LogP contribution in [0.3, 0.4) is 0 Å². The molecule has 156 valence electrons. The summed E-state index contributed by atoms with van der Waals surface area (Å²) in [6.07, 6.45) is 6.45. The predicted molar refractivity (Wildman–Crippen MR) is 107 cm³/mol. The van der Waals surface area contributed by atoms with Crippen molar-refractivity contribution in [1.82, 2.24) is 9.88 Å². The smallest absolute Gasteiger partial charge is 0.360 e. The SMILES string of the molecule is CCOc1ccc(NC(=O)N(Cc2nc(C(=O)OC)co2)C2CCCCC2)cc1. The molecule has 1 fully saturated rings. The summed E-state index contributed by atoms with van der Waals surface area (Å²) >= 11 is 0. The Kier molecular flexibility index (Phi) is 7.10. The van der Waals surface area contributed by atoms with Crippen molar-refractivity contribution in [1.29, 1.82) is 0 Å². The second kappa shape index (κ2) is 9.95. The van der Waals surface area contributed by atoms with Crippen molar-refractivity contribution in [3.8, 4) is 5.75 Å². The molecule has 2 aromatic rings. The van der Waals surface area contributed by atoms with Gasteiger partial charge in [-0.1, -0.05) is 19.3 Å². The number of oxazole rings is 1. The molecular formula is C21H27N3O5. The van der Waals surface area contributed by atoms with Gasteiger partial charge in [-0.3, -0.25) is 0 Å². The van der Waals surface area contributed by atoms with Crippen LogP contribution in [0, 0.1) is 0 Å². The first-order chi connectivity index (χ1) is 14.1. The van der Waals surface area contributed by atoms with Gasteiger partial charge in [0.05, 0.1) is 20.3 Å². The zero-order chi connectivity index (χ0) is 20.6. The molecule has 8 nitrogen and oxygen atoms in total. The minimum absolute atomic E-state index is 0.0954. The van der Waals surface area contributed by atoms with E-state index < -0.39 is 5.97 Å². The topological polar surface area (TPSA) is 93.9 Å². The van der Waals surface area contributed by atoms with E-state index in [2.05, 4.69) is 15.0 Å². The summed E-state index contributed by atoms with van der Waals surface area (Å²) in [6.45, 7) is 2.70. The van der Waals surface area contributed by atoms with E-state index in [4.69, 9.17) is 9.15 Å². The molecule has 2 amide bonds. The van der Waals surface area contributed by atoms with Gasteiger partial charge < -0.3 is 24.1 Å². The first kappa shape index (κ1) is 20.7. The number of amides is 2. The molecule has 1 saturated carbocycles. The molecule has 0 saturated heterocycles. The highest BCUT2D eigenvalue weighted by molar-refractivity contribution is 5.89. The number of hydrogen-bond acceptors (Lipinski definition) is 6. The number of urea groups is 1. The Hall–Kier alpha value is -3.03. The first-order valence-electron chi connectivity index (χ1n) is 9.94. The van der Waals surface area contributed by atoms with E-state index >= 15 is 0 Å². The fourth-order valence-corrected chi connectivity index (χ4v) is 3.48. The molecule has 1 aliphatic carbocycles. The summed E-state index contributed by atoms with van der Waals surface area (Å²) in [4.78, 5) is 30.6. The molecule has 1 aliphatic rings. The van der Waals surface area contributed by atoms with Gasteiger partial charge in [0, 0.05) is 11.7 Å². The number of rotatable bonds is 7. The second-order valence-corrected chi connectivity index (χ2v) is 6.93. The highest BCUT2D eigenvalue weighted by Gasteiger charge is 2.27. The molecular weight excluding hydrogens is 374 g/mol. The van der Waals surface area contributed by atoms with Gasteiger partial charge in [-0.25, -0.2) is 14.6 Å². The Morgan fingerprint density at radius 3 is 2.59 bits per heavy atom. The van der Waals surface area contributed by atoms with Crippen molar-refractivity contribution in [3.63, 3.8) is 0 Å². The lowest BCUT2D eigenvalue weighted by atomic mass is 9.94. The van der Waals surface area contributed by atoms with Crippen molar-refractivity contribution in [2.24, 2.45) is 0 Å². The van der Waals surface area contributed by atoms with Crippen molar-refractivity contribution >= 4 is 17.7 Å². The molecule has 0 atom stereocenters. The number of anilines is 1. The van der Waals surface area contributed by atoms with E-state index in [1.165, 1.54) is 19.8 Å². The van der Waals surface area contributed by atoms with Gasteiger partial charge in [0.1, 0.15) is 12.0 Å². The van der Waals surface area contributed by atoms with Crippen LogP contribution < -0.4 is 10.1 Å². The van der Waals surface area contributed by atoms with Crippen LogP contribution in [0.15, 0.2) is 34.9 Å². The molecule has 1 aromatic carbocycles. The van der Waals surface area contributed by atoms with Crippen LogP contribution in [-0.4, -0.2) is 41.6 Å². The number of nitrogens with one attached hydrogen (secondary N) is 1. The Bertz CT molecular complexity index is 812. The largest absolute Gasteiger partial charge is 0.494 e. The number of aromatic nitrogens is 1. The summed E-state index contributed by atoms with van der Waals surface area (Å²) in [5, 5.41) is 2.94. The monoisotopic (exact) mass is 401 g/mol. The average molecular weight is 401 g/mol. The second-order valence-electron chi connectivity index (χ2n) is 6.93. The maximum absolute atomic E-state index is 13.0. The Morgan fingerprint density at radius 2 is 1.93 bits per heavy atom. The number of methoxy groups -OCH3 is 1. The molecule has 8 heteroatoms. The third-order valence-corrected chi connectivity index (χ3v) is 4.94. The van der Waals surface area contributed by atoms with E-state index in [1.807, 2.05) is 31.2 Å². The molecule has 0 unspecified atom stereocenters. The van der Waals surface area contributed by atoms with Crippen LogP contribution in [0.5, 0.6) is 5.75 Å². The summed E-state index contributed by atoms with van der Waals surface area (Å²) < 4.78 is 15.5. The van der Waals surface area contributed by atoms with Crippen LogP contribution in [0.2, 0.25) is 0 Å². The molecule has 1 N–H and O–H groups in total. The van der Waals surface area contributed by atoms with Crippen LogP contribution in [0.25, 0.3) is 0 Å². The zero-order valence-corrected chi connectivity index (χ0v) is 16.8. The van der Waals surface area contributed by atoms with E-state index in [0.717, 1.165) is 31.4 Å². The highest BCUT2D eigenvalue weighted by Crippen LogP contribution is 2.25. The van der Waals surface area contributed by atoms with Crippen LogP contribution >= 0.6 is 0 Å².